The van der Waals surface area contributed by atoms with Crippen LogP contribution in [0.25, 0.3) is 0 Å². The average molecular weight is 400 g/mol. The number of halogens is 2. The quantitative estimate of drug-likeness (QED) is 0.743. The minimum absolute atomic E-state index is 0.00717. The van der Waals surface area contributed by atoms with Crippen LogP contribution in [0, 0.1) is 5.82 Å². The van der Waals surface area contributed by atoms with Crippen LogP contribution in [0.3, 0.4) is 0 Å². The van der Waals surface area contributed by atoms with E-state index in [1.165, 1.54) is 6.07 Å². The fourth-order valence-electron chi connectivity index (χ4n) is 2.79. The van der Waals surface area contributed by atoms with Gasteiger partial charge >= 0.3 is 10.8 Å². The fraction of sp³-hybridized carbons (Fsp3) is 0.438. The van der Waals surface area contributed by atoms with Crippen LogP contribution in [-0.2, 0) is 22.6 Å². The maximum absolute atomic E-state index is 14.3. The predicted octanol–water partition coefficient (Wildman–Crippen LogP) is 2.43. The molecule has 1 aromatic heterocycles. The van der Waals surface area contributed by atoms with E-state index in [4.69, 9.17) is 21.1 Å². The second-order valence-electron chi connectivity index (χ2n) is 5.99. The number of benzene rings is 1. The minimum atomic E-state index is -0.698. The Bertz CT molecular complexity index is 992. The van der Waals surface area contributed by atoms with Gasteiger partial charge in [-0.05, 0) is 36.3 Å². The number of fused-ring (bicyclic) bond motifs is 1. The summed E-state index contributed by atoms with van der Waals surface area (Å²) in [5, 5.41) is -0.0643. The Kier molecular flexibility index (Phi) is 4.68. The van der Waals surface area contributed by atoms with Crippen LogP contribution in [0.1, 0.15) is 29.6 Å². The van der Waals surface area contributed by atoms with Crippen molar-refractivity contribution >= 4 is 34.6 Å². The number of ether oxygens (including phenoxy) is 2. The number of carbonyl (C=O) groups is 1. The van der Waals surface area contributed by atoms with Crippen LogP contribution < -0.4 is 9.67 Å². The zero-order valence-electron chi connectivity index (χ0n) is 13.6. The van der Waals surface area contributed by atoms with E-state index in [-0.39, 0.29) is 21.1 Å². The van der Waals surface area contributed by atoms with Gasteiger partial charge in [0.2, 0.25) is 11.1 Å². The lowest BCUT2D eigenvalue weighted by Crippen LogP contribution is -2.32. The molecule has 1 saturated heterocycles. The summed E-state index contributed by atoms with van der Waals surface area (Å²) in [5.74, 6) is -1.38. The first-order valence-electron chi connectivity index (χ1n) is 8.20. The van der Waals surface area contributed by atoms with Crippen molar-refractivity contribution in [2.24, 2.45) is 4.99 Å². The van der Waals surface area contributed by atoms with Crippen molar-refractivity contribution in [1.82, 2.24) is 9.36 Å². The van der Waals surface area contributed by atoms with Crippen LogP contribution >= 0.6 is 22.9 Å². The normalized spacial score (nSPS) is 19.8. The smallest absolute Gasteiger partial charge is 0.342 e. The molecule has 0 aliphatic carbocycles. The number of hydrogen-bond donors (Lipinski definition) is 0. The van der Waals surface area contributed by atoms with Crippen molar-refractivity contribution in [1.29, 1.82) is 0 Å². The summed E-state index contributed by atoms with van der Waals surface area (Å²) in [6.45, 7) is 1.79. The molecule has 2 aromatic rings. The van der Waals surface area contributed by atoms with Gasteiger partial charge in [0.05, 0.1) is 17.2 Å². The zero-order valence-corrected chi connectivity index (χ0v) is 15.2. The van der Waals surface area contributed by atoms with Gasteiger partial charge in [-0.15, -0.1) is 0 Å². The third kappa shape index (κ3) is 3.22. The predicted molar refractivity (Wildman–Crippen MR) is 92.2 cm³/mol. The van der Waals surface area contributed by atoms with Gasteiger partial charge in [0.1, 0.15) is 11.5 Å². The second kappa shape index (κ2) is 6.98. The summed E-state index contributed by atoms with van der Waals surface area (Å²) in [4.78, 5) is 28.8. The second-order valence-corrected chi connectivity index (χ2v) is 7.32. The molecule has 0 radical (unpaired) electrons. The van der Waals surface area contributed by atoms with Gasteiger partial charge in [-0.25, -0.2) is 18.9 Å². The summed E-state index contributed by atoms with van der Waals surface area (Å²) in [7, 11) is 0. The van der Waals surface area contributed by atoms with E-state index in [1.807, 2.05) is 0 Å². The monoisotopic (exact) mass is 399 g/mol. The first kappa shape index (κ1) is 17.4. The Balaban J connectivity index is 1.74. The topological polar surface area (TPSA) is 74.8 Å². The molecule has 0 amide bonds. The van der Waals surface area contributed by atoms with Crippen LogP contribution in [0.2, 0.25) is 5.02 Å². The van der Waals surface area contributed by atoms with E-state index >= 15 is 0 Å². The molecule has 1 atom stereocenters. The van der Waals surface area contributed by atoms with E-state index in [0.717, 1.165) is 30.2 Å². The zero-order chi connectivity index (χ0) is 18.3. The van der Waals surface area contributed by atoms with Crippen molar-refractivity contribution in [3.05, 3.63) is 43.0 Å². The highest BCUT2D eigenvalue weighted by Crippen LogP contribution is 2.28. The standard InChI is InChI=1S/C16H15ClFN3O4S/c17-10-8-11(18)12(7-9(10)14(22)25-13-3-6-24-13)19-15-20-4-1-2-5-21(20)16(23)26-15/h7-8,13H,1-6H2. The van der Waals surface area contributed by atoms with E-state index in [1.54, 1.807) is 9.36 Å². The van der Waals surface area contributed by atoms with Crippen molar-refractivity contribution in [2.75, 3.05) is 6.61 Å². The Morgan fingerprint density at radius 2 is 2.08 bits per heavy atom. The number of aromatic nitrogens is 2. The summed E-state index contributed by atoms with van der Waals surface area (Å²) >= 11 is 6.93. The summed E-state index contributed by atoms with van der Waals surface area (Å²) < 4.78 is 27.8. The first-order chi connectivity index (χ1) is 12.5. The SMILES string of the molecule is O=C(OC1CCO1)c1cc(N=c2sc(=O)n3n2CCCC3)c(F)cc1Cl. The Morgan fingerprint density at radius 3 is 2.77 bits per heavy atom. The number of rotatable bonds is 3. The Morgan fingerprint density at radius 1 is 1.35 bits per heavy atom. The van der Waals surface area contributed by atoms with Gasteiger partial charge in [-0.3, -0.25) is 9.48 Å². The molecule has 1 aromatic carbocycles. The molecule has 0 saturated carbocycles. The number of nitrogens with zero attached hydrogens (tertiary/aromatic N) is 3. The first-order valence-corrected chi connectivity index (χ1v) is 9.39. The van der Waals surface area contributed by atoms with Gasteiger partial charge in [0.15, 0.2) is 0 Å². The van der Waals surface area contributed by atoms with E-state index in [9.17, 15) is 14.0 Å². The third-order valence-electron chi connectivity index (χ3n) is 4.26. The molecule has 1 unspecified atom stereocenters. The molecule has 4 rings (SSSR count). The molecule has 2 aliphatic heterocycles. The van der Waals surface area contributed by atoms with Crippen LogP contribution in [0.15, 0.2) is 21.9 Å². The molecule has 138 valence electrons. The van der Waals surface area contributed by atoms with Crippen molar-refractivity contribution in [3.63, 3.8) is 0 Å². The van der Waals surface area contributed by atoms with Gasteiger partial charge in [-0.1, -0.05) is 11.6 Å². The molecule has 3 heterocycles. The lowest BCUT2D eigenvalue weighted by atomic mass is 10.2. The molecular weight excluding hydrogens is 385 g/mol. The minimum Gasteiger partial charge on any atom is -0.432 e. The molecule has 0 N–H and O–H groups in total. The molecule has 0 spiro atoms. The summed E-state index contributed by atoms with van der Waals surface area (Å²) in [5.41, 5.74) is -0.0636. The maximum Gasteiger partial charge on any atom is 0.342 e. The van der Waals surface area contributed by atoms with E-state index in [0.29, 0.717) is 30.9 Å². The van der Waals surface area contributed by atoms with Crippen LogP contribution in [0.5, 0.6) is 0 Å². The number of carbonyl (C=O) groups excluding carboxylic acids is 1. The average Bonchev–Trinajstić information content (AvgIpc) is 2.90. The molecule has 10 heteroatoms. The maximum atomic E-state index is 14.3. The Hall–Kier alpha value is -1.97. The highest BCUT2D eigenvalue weighted by atomic mass is 35.5. The highest BCUT2D eigenvalue weighted by molar-refractivity contribution is 7.06. The molecule has 7 nitrogen and oxygen atoms in total. The van der Waals surface area contributed by atoms with Crippen LogP contribution in [0.4, 0.5) is 10.1 Å². The van der Waals surface area contributed by atoms with Crippen molar-refractivity contribution in [3.8, 4) is 0 Å². The Labute approximate surface area is 156 Å². The van der Waals surface area contributed by atoms with Gasteiger partial charge in [-0.2, -0.15) is 0 Å². The van der Waals surface area contributed by atoms with Crippen molar-refractivity contribution < 1.29 is 18.7 Å². The van der Waals surface area contributed by atoms with Gasteiger partial charge in [0.25, 0.3) is 0 Å². The van der Waals surface area contributed by atoms with Crippen molar-refractivity contribution in [2.45, 2.75) is 38.6 Å². The molecule has 0 bridgehead atoms. The lowest BCUT2D eigenvalue weighted by Gasteiger charge is -2.25. The van der Waals surface area contributed by atoms with E-state index in [2.05, 4.69) is 4.99 Å². The number of hydrogen-bond acceptors (Lipinski definition) is 6. The highest BCUT2D eigenvalue weighted by Gasteiger charge is 2.25. The lowest BCUT2D eigenvalue weighted by molar-refractivity contribution is -0.184. The molecule has 26 heavy (non-hydrogen) atoms. The third-order valence-corrected chi connectivity index (χ3v) is 5.44. The van der Waals surface area contributed by atoms with Crippen LogP contribution in [-0.4, -0.2) is 28.2 Å². The summed E-state index contributed by atoms with van der Waals surface area (Å²) in [6.07, 6.45) is 1.86. The molecular formula is C16H15ClFN3O4S. The van der Waals surface area contributed by atoms with Gasteiger partial charge in [0, 0.05) is 19.5 Å². The number of esters is 1. The fourth-order valence-corrected chi connectivity index (χ4v) is 3.91. The van der Waals surface area contributed by atoms with Gasteiger partial charge < -0.3 is 9.47 Å². The summed E-state index contributed by atoms with van der Waals surface area (Å²) in [6, 6.07) is 2.26. The molecule has 2 aliphatic rings. The largest absolute Gasteiger partial charge is 0.432 e. The molecule has 1 fully saturated rings. The van der Waals surface area contributed by atoms with E-state index < -0.39 is 18.1 Å².